The first kappa shape index (κ1) is 25.7. The Kier molecular flexibility index (Phi) is 8.34. The number of aromatic nitrogens is 3. The standard InChI is InChI=1S/C22H24ClN5O4S2/c1-6-28-18(13-7-9-14(23)10-8-13)25-26-22(28)33-11-15(29)24-19-16(21(31)32-5)12(2)17(34-19)20(30)27(3)4/h7-10H,6,11H2,1-5H3,(H,24,29). The van der Waals surface area contributed by atoms with E-state index in [0.717, 1.165) is 16.9 Å². The van der Waals surface area contributed by atoms with Crippen molar-refractivity contribution in [1.29, 1.82) is 0 Å². The molecule has 0 radical (unpaired) electrons. The van der Waals surface area contributed by atoms with Crippen LogP contribution in [0.25, 0.3) is 11.4 Å². The van der Waals surface area contributed by atoms with Crippen molar-refractivity contribution in [3.05, 3.63) is 45.3 Å². The van der Waals surface area contributed by atoms with Crippen LogP contribution in [0, 0.1) is 6.92 Å². The van der Waals surface area contributed by atoms with Gasteiger partial charge in [-0.05, 0) is 43.7 Å². The first-order valence-electron chi connectivity index (χ1n) is 10.2. The summed E-state index contributed by atoms with van der Waals surface area (Å²) in [5.74, 6) is -0.510. The van der Waals surface area contributed by atoms with Gasteiger partial charge in [0.2, 0.25) is 5.91 Å². The topological polar surface area (TPSA) is 106 Å². The van der Waals surface area contributed by atoms with Crippen molar-refractivity contribution in [3.8, 4) is 11.4 Å². The van der Waals surface area contributed by atoms with Crippen LogP contribution < -0.4 is 5.32 Å². The predicted octanol–water partition coefficient (Wildman–Crippen LogP) is 4.21. The fourth-order valence-corrected chi connectivity index (χ4v) is 5.30. The number of thioether (sulfide) groups is 1. The molecule has 9 nitrogen and oxygen atoms in total. The van der Waals surface area contributed by atoms with Crippen LogP contribution >= 0.6 is 34.7 Å². The number of esters is 1. The Bertz CT molecular complexity index is 1220. The monoisotopic (exact) mass is 521 g/mol. The highest BCUT2D eigenvalue weighted by Crippen LogP contribution is 2.34. The van der Waals surface area contributed by atoms with Crippen LogP contribution in [-0.4, -0.2) is 64.4 Å². The number of benzene rings is 1. The molecule has 0 atom stereocenters. The summed E-state index contributed by atoms with van der Waals surface area (Å²) < 4.78 is 6.77. The molecule has 0 unspecified atom stereocenters. The molecule has 3 rings (SSSR count). The van der Waals surface area contributed by atoms with Gasteiger partial charge in [0.15, 0.2) is 11.0 Å². The van der Waals surface area contributed by atoms with E-state index >= 15 is 0 Å². The minimum atomic E-state index is -0.618. The van der Waals surface area contributed by atoms with Gasteiger partial charge in [-0.3, -0.25) is 9.59 Å². The number of anilines is 1. The number of carbonyl (C=O) groups excluding carboxylic acids is 3. The van der Waals surface area contributed by atoms with Crippen LogP contribution in [0.1, 0.15) is 32.5 Å². The van der Waals surface area contributed by atoms with Gasteiger partial charge in [0, 0.05) is 31.2 Å². The predicted molar refractivity (Wildman–Crippen MR) is 134 cm³/mol. The molecule has 0 aliphatic rings. The first-order valence-corrected chi connectivity index (χ1v) is 12.4. The number of nitrogens with zero attached hydrogens (tertiary/aromatic N) is 4. The molecule has 2 amide bonds. The molecular weight excluding hydrogens is 498 g/mol. The summed E-state index contributed by atoms with van der Waals surface area (Å²) in [7, 11) is 4.50. The summed E-state index contributed by atoms with van der Waals surface area (Å²) in [5, 5.41) is 12.7. The molecule has 1 aromatic carbocycles. The smallest absolute Gasteiger partial charge is 0.341 e. The van der Waals surface area contributed by atoms with E-state index in [1.807, 2.05) is 23.6 Å². The van der Waals surface area contributed by atoms with E-state index in [-0.39, 0.29) is 28.1 Å². The lowest BCUT2D eigenvalue weighted by Gasteiger charge is -2.08. The number of hydrogen-bond acceptors (Lipinski definition) is 8. The van der Waals surface area contributed by atoms with Crippen molar-refractivity contribution >= 4 is 57.5 Å². The van der Waals surface area contributed by atoms with Gasteiger partial charge < -0.3 is 19.5 Å². The van der Waals surface area contributed by atoms with Gasteiger partial charge in [0.05, 0.1) is 23.3 Å². The lowest BCUT2D eigenvalue weighted by molar-refractivity contribution is -0.113. The molecule has 1 N–H and O–H groups in total. The zero-order valence-corrected chi connectivity index (χ0v) is 21.7. The maximum atomic E-state index is 12.7. The van der Waals surface area contributed by atoms with Crippen LogP contribution in [0.4, 0.5) is 5.00 Å². The van der Waals surface area contributed by atoms with Gasteiger partial charge in [0.1, 0.15) is 5.00 Å². The molecule has 0 fully saturated rings. The van der Waals surface area contributed by atoms with Crippen LogP contribution in [-0.2, 0) is 16.1 Å². The fraction of sp³-hybridized carbons (Fsp3) is 0.318. The van der Waals surface area contributed by atoms with E-state index in [1.165, 1.54) is 23.8 Å². The van der Waals surface area contributed by atoms with Crippen molar-refractivity contribution in [1.82, 2.24) is 19.7 Å². The first-order chi connectivity index (χ1) is 16.2. The number of rotatable bonds is 8. The highest BCUT2D eigenvalue weighted by molar-refractivity contribution is 7.99. The molecule has 2 aromatic heterocycles. The molecule has 3 aromatic rings. The zero-order chi connectivity index (χ0) is 25.0. The van der Waals surface area contributed by atoms with E-state index < -0.39 is 5.97 Å². The summed E-state index contributed by atoms with van der Waals surface area (Å²) in [6.07, 6.45) is 0. The SMILES string of the molecule is CCn1c(SCC(=O)Nc2sc(C(=O)N(C)C)c(C)c2C(=O)OC)nnc1-c1ccc(Cl)cc1. The zero-order valence-electron chi connectivity index (χ0n) is 19.3. The van der Waals surface area contributed by atoms with Gasteiger partial charge in [-0.25, -0.2) is 4.79 Å². The Hall–Kier alpha value is -2.89. The maximum absolute atomic E-state index is 12.7. The number of hydrogen-bond donors (Lipinski definition) is 1. The number of ether oxygens (including phenoxy) is 1. The molecule has 0 spiro atoms. The second kappa shape index (κ2) is 11.0. The molecule has 180 valence electrons. The van der Waals surface area contributed by atoms with Gasteiger partial charge in [0.25, 0.3) is 5.91 Å². The highest BCUT2D eigenvalue weighted by Gasteiger charge is 2.27. The minimum Gasteiger partial charge on any atom is -0.465 e. The average Bonchev–Trinajstić information content (AvgIpc) is 3.37. The largest absolute Gasteiger partial charge is 0.465 e. The van der Waals surface area contributed by atoms with E-state index in [2.05, 4.69) is 15.5 Å². The molecular formula is C22H24ClN5O4S2. The normalized spacial score (nSPS) is 10.8. The highest BCUT2D eigenvalue weighted by atomic mass is 35.5. The molecule has 0 bridgehead atoms. The third-order valence-corrected chi connectivity index (χ3v) is 7.27. The Morgan fingerprint density at radius 3 is 2.47 bits per heavy atom. The van der Waals surface area contributed by atoms with Crippen molar-refractivity contribution in [2.24, 2.45) is 0 Å². The Morgan fingerprint density at radius 2 is 1.88 bits per heavy atom. The summed E-state index contributed by atoms with van der Waals surface area (Å²) in [6.45, 7) is 4.24. The molecule has 0 saturated heterocycles. The van der Waals surface area contributed by atoms with Crippen molar-refractivity contribution in [2.45, 2.75) is 25.5 Å². The van der Waals surface area contributed by atoms with E-state index in [0.29, 0.717) is 33.0 Å². The summed E-state index contributed by atoms with van der Waals surface area (Å²) in [5.41, 5.74) is 1.51. The van der Waals surface area contributed by atoms with E-state index in [4.69, 9.17) is 16.3 Å². The number of amides is 2. The Labute approximate surface area is 210 Å². The van der Waals surface area contributed by atoms with E-state index in [1.54, 1.807) is 33.2 Å². The summed E-state index contributed by atoms with van der Waals surface area (Å²) in [4.78, 5) is 39.3. The lowest BCUT2D eigenvalue weighted by Crippen LogP contribution is -2.21. The molecule has 0 aliphatic carbocycles. The quantitative estimate of drug-likeness (QED) is 0.349. The summed E-state index contributed by atoms with van der Waals surface area (Å²) >= 11 is 8.25. The van der Waals surface area contributed by atoms with Crippen LogP contribution in [0.3, 0.4) is 0 Å². The molecule has 0 aliphatic heterocycles. The Balaban J connectivity index is 1.78. The number of thiophene rings is 1. The van der Waals surface area contributed by atoms with Gasteiger partial charge in [-0.2, -0.15) is 0 Å². The number of halogens is 1. The number of methoxy groups -OCH3 is 1. The van der Waals surface area contributed by atoms with Crippen LogP contribution in [0.15, 0.2) is 29.4 Å². The maximum Gasteiger partial charge on any atom is 0.341 e. The third kappa shape index (κ3) is 5.43. The number of nitrogens with one attached hydrogen (secondary N) is 1. The van der Waals surface area contributed by atoms with Gasteiger partial charge >= 0.3 is 5.97 Å². The van der Waals surface area contributed by atoms with Crippen molar-refractivity contribution < 1.29 is 19.1 Å². The van der Waals surface area contributed by atoms with Crippen LogP contribution in [0.2, 0.25) is 5.02 Å². The minimum absolute atomic E-state index is 0.0350. The third-order valence-electron chi connectivity index (χ3n) is 4.86. The molecule has 34 heavy (non-hydrogen) atoms. The molecule has 0 saturated carbocycles. The van der Waals surface area contributed by atoms with Gasteiger partial charge in [-0.15, -0.1) is 21.5 Å². The summed E-state index contributed by atoms with van der Waals surface area (Å²) in [6, 6.07) is 7.28. The Morgan fingerprint density at radius 1 is 1.21 bits per heavy atom. The lowest BCUT2D eigenvalue weighted by atomic mass is 10.1. The average molecular weight is 522 g/mol. The van der Waals surface area contributed by atoms with Gasteiger partial charge in [-0.1, -0.05) is 23.4 Å². The fourth-order valence-electron chi connectivity index (χ4n) is 3.14. The molecule has 2 heterocycles. The second-order valence-corrected chi connectivity index (χ2v) is 9.75. The number of carbonyl (C=O) groups is 3. The van der Waals surface area contributed by atoms with Crippen molar-refractivity contribution in [3.63, 3.8) is 0 Å². The van der Waals surface area contributed by atoms with Crippen molar-refractivity contribution in [2.75, 3.05) is 32.3 Å². The second-order valence-electron chi connectivity index (χ2n) is 7.35. The molecule has 12 heteroatoms. The van der Waals surface area contributed by atoms with E-state index in [9.17, 15) is 14.4 Å². The van der Waals surface area contributed by atoms with Crippen LogP contribution in [0.5, 0.6) is 0 Å².